The maximum absolute atomic E-state index is 11.8. The molecular formula is C17H27N5O. The van der Waals surface area contributed by atoms with Gasteiger partial charge >= 0.3 is 0 Å². The van der Waals surface area contributed by atoms with Crippen molar-refractivity contribution >= 4 is 17.7 Å². The Morgan fingerprint density at radius 2 is 1.70 bits per heavy atom. The van der Waals surface area contributed by atoms with Crippen molar-refractivity contribution in [2.45, 2.75) is 39.5 Å². The number of piperidine rings is 1. The van der Waals surface area contributed by atoms with E-state index in [0.717, 1.165) is 56.7 Å². The van der Waals surface area contributed by atoms with E-state index in [0.29, 0.717) is 6.42 Å². The van der Waals surface area contributed by atoms with E-state index in [1.54, 1.807) is 0 Å². The molecule has 23 heavy (non-hydrogen) atoms. The molecule has 2 fully saturated rings. The van der Waals surface area contributed by atoms with Crippen molar-refractivity contribution in [2.75, 3.05) is 49.1 Å². The largest absolute Gasteiger partial charge is 0.356 e. The summed E-state index contributed by atoms with van der Waals surface area (Å²) in [6.07, 6.45) is 4.40. The number of rotatable bonds is 3. The second-order valence-electron chi connectivity index (χ2n) is 6.44. The second kappa shape index (κ2) is 7.15. The first-order valence-electron chi connectivity index (χ1n) is 8.80. The van der Waals surface area contributed by atoms with Crippen LogP contribution in [-0.4, -0.2) is 60.0 Å². The van der Waals surface area contributed by atoms with Gasteiger partial charge in [0.25, 0.3) is 0 Å². The fourth-order valence-electron chi connectivity index (χ4n) is 3.34. The van der Waals surface area contributed by atoms with Gasteiger partial charge in [0.05, 0.1) is 0 Å². The van der Waals surface area contributed by atoms with Gasteiger partial charge in [-0.15, -0.1) is 0 Å². The van der Waals surface area contributed by atoms with E-state index in [-0.39, 0.29) is 5.91 Å². The molecule has 0 N–H and O–H groups in total. The van der Waals surface area contributed by atoms with E-state index in [1.165, 1.54) is 19.3 Å². The lowest BCUT2D eigenvalue weighted by atomic mass is 10.1. The highest BCUT2D eigenvalue weighted by atomic mass is 16.2. The van der Waals surface area contributed by atoms with E-state index in [4.69, 9.17) is 4.98 Å². The molecule has 0 aromatic carbocycles. The van der Waals surface area contributed by atoms with Gasteiger partial charge in [0.2, 0.25) is 11.9 Å². The van der Waals surface area contributed by atoms with Crippen molar-refractivity contribution in [1.29, 1.82) is 0 Å². The van der Waals surface area contributed by atoms with Crippen molar-refractivity contribution in [1.82, 2.24) is 14.9 Å². The average Bonchev–Trinajstić information content (AvgIpc) is 2.61. The molecule has 6 nitrogen and oxygen atoms in total. The number of aryl methyl sites for hydroxylation is 1. The van der Waals surface area contributed by atoms with Crippen LogP contribution >= 0.6 is 0 Å². The molecule has 126 valence electrons. The van der Waals surface area contributed by atoms with Crippen LogP contribution in [0.1, 0.15) is 38.3 Å². The van der Waals surface area contributed by atoms with Crippen LogP contribution in [0, 0.1) is 6.92 Å². The highest BCUT2D eigenvalue weighted by molar-refractivity contribution is 5.76. The molecule has 0 saturated carbocycles. The number of aromatic nitrogens is 2. The highest BCUT2D eigenvalue weighted by Crippen LogP contribution is 2.22. The summed E-state index contributed by atoms with van der Waals surface area (Å²) in [6.45, 7) is 9.30. The van der Waals surface area contributed by atoms with Crippen LogP contribution in [0.25, 0.3) is 0 Å². The number of piperazine rings is 1. The number of carbonyl (C=O) groups is 1. The standard InChI is InChI=1S/C17H27N5O/c1-3-16(23)21-9-11-22(12-10-21)17-18-14(2)13-15(19-17)20-7-5-4-6-8-20/h13H,3-12H2,1-2H3. The molecule has 6 heteroatoms. The first kappa shape index (κ1) is 16.0. The Balaban J connectivity index is 1.70. The first-order chi connectivity index (χ1) is 11.2. The van der Waals surface area contributed by atoms with Crippen molar-refractivity contribution in [3.05, 3.63) is 11.8 Å². The number of carbonyl (C=O) groups excluding carboxylic acids is 1. The number of hydrogen-bond donors (Lipinski definition) is 0. The third-order valence-electron chi connectivity index (χ3n) is 4.73. The van der Waals surface area contributed by atoms with E-state index < -0.39 is 0 Å². The Morgan fingerprint density at radius 1 is 1.00 bits per heavy atom. The number of hydrogen-bond acceptors (Lipinski definition) is 5. The zero-order valence-corrected chi connectivity index (χ0v) is 14.3. The molecule has 0 aliphatic carbocycles. The van der Waals surface area contributed by atoms with Gasteiger partial charge in [-0.1, -0.05) is 6.92 Å². The monoisotopic (exact) mass is 317 g/mol. The van der Waals surface area contributed by atoms with Crippen molar-refractivity contribution in [3.63, 3.8) is 0 Å². The minimum Gasteiger partial charge on any atom is -0.356 e. The predicted octanol–water partition coefficient (Wildman–Crippen LogP) is 1.83. The normalized spacial score (nSPS) is 19.1. The lowest BCUT2D eigenvalue weighted by Gasteiger charge is -2.35. The zero-order valence-electron chi connectivity index (χ0n) is 14.3. The van der Waals surface area contributed by atoms with Crippen molar-refractivity contribution in [2.24, 2.45) is 0 Å². The molecule has 1 aromatic rings. The molecule has 0 unspecified atom stereocenters. The van der Waals surface area contributed by atoms with Gasteiger partial charge < -0.3 is 14.7 Å². The Kier molecular flexibility index (Phi) is 4.98. The molecule has 2 aliphatic heterocycles. The Morgan fingerprint density at radius 3 is 2.35 bits per heavy atom. The van der Waals surface area contributed by atoms with Crippen molar-refractivity contribution < 1.29 is 4.79 Å². The molecule has 0 bridgehead atoms. The average molecular weight is 317 g/mol. The van der Waals surface area contributed by atoms with Gasteiger partial charge in [-0.3, -0.25) is 4.79 Å². The summed E-state index contributed by atoms with van der Waals surface area (Å²) in [4.78, 5) is 27.8. The second-order valence-corrected chi connectivity index (χ2v) is 6.44. The zero-order chi connectivity index (χ0) is 16.2. The first-order valence-corrected chi connectivity index (χ1v) is 8.80. The number of anilines is 2. The van der Waals surface area contributed by atoms with Crippen LogP contribution in [0.15, 0.2) is 6.07 Å². The summed E-state index contributed by atoms with van der Waals surface area (Å²) in [5, 5.41) is 0. The number of amides is 1. The van der Waals surface area contributed by atoms with Crippen LogP contribution < -0.4 is 9.80 Å². The molecule has 0 spiro atoms. The molecule has 0 radical (unpaired) electrons. The summed E-state index contributed by atoms with van der Waals surface area (Å²) in [5.41, 5.74) is 1.02. The molecule has 1 amide bonds. The third-order valence-corrected chi connectivity index (χ3v) is 4.73. The van der Waals surface area contributed by atoms with E-state index >= 15 is 0 Å². The molecule has 0 atom stereocenters. The van der Waals surface area contributed by atoms with Crippen LogP contribution in [0.4, 0.5) is 11.8 Å². The topological polar surface area (TPSA) is 52.6 Å². The van der Waals surface area contributed by atoms with Gasteiger partial charge in [-0.2, -0.15) is 4.98 Å². The highest BCUT2D eigenvalue weighted by Gasteiger charge is 2.23. The summed E-state index contributed by atoms with van der Waals surface area (Å²) < 4.78 is 0. The Labute approximate surface area is 138 Å². The summed E-state index contributed by atoms with van der Waals surface area (Å²) >= 11 is 0. The predicted molar refractivity (Wildman–Crippen MR) is 91.9 cm³/mol. The molecule has 2 aliphatic rings. The van der Waals surface area contributed by atoms with Crippen molar-refractivity contribution in [3.8, 4) is 0 Å². The lowest BCUT2D eigenvalue weighted by molar-refractivity contribution is -0.131. The van der Waals surface area contributed by atoms with E-state index in [1.807, 2.05) is 18.7 Å². The SMILES string of the molecule is CCC(=O)N1CCN(c2nc(C)cc(N3CCCCC3)n2)CC1. The molecule has 3 heterocycles. The molecule has 3 rings (SSSR count). The minimum absolute atomic E-state index is 0.240. The Hall–Kier alpha value is -1.85. The maximum atomic E-state index is 11.8. The maximum Gasteiger partial charge on any atom is 0.227 e. The quantitative estimate of drug-likeness (QED) is 0.851. The van der Waals surface area contributed by atoms with Gasteiger partial charge in [0, 0.05) is 57.4 Å². The molecule has 2 saturated heterocycles. The van der Waals surface area contributed by atoms with E-state index in [9.17, 15) is 4.79 Å². The van der Waals surface area contributed by atoms with Crippen LogP contribution in [0.2, 0.25) is 0 Å². The van der Waals surface area contributed by atoms with Gasteiger partial charge in [0.1, 0.15) is 5.82 Å². The summed E-state index contributed by atoms with van der Waals surface area (Å²) in [7, 11) is 0. The fourth-order valence-corrected chi connectivity index (χ4v) is 3.34. The fraction of sp³-hybridized carbons (Fsp3) is 0.706. The van der Waals surface area contributed by atoms with Crippen LogP contribution in [0.3, 0.4) is 0 Å². The molecule has 1 aromatic heterocycles. The van der Waals surface area contributed by atoms with Gasteiger partial charge in [-0.25, -0.2) is 4.98 Å². The van der Waals surface area contributed by atoms with Gasteiger partial charge in [-0.05, 0) is 26.2 Å². The van der Waals surface area contributed by atoms with Crippen LogP contribution in [0.5, 0.6) is 0 Å². The van der Waals surface area contributed by atoms with Gasteiger partial charge in [0.15, 0.2) is 0 Å². The van der Waals surface area contributed by atoms with E-state index in [2.05, 4.69) is 20.9 Å². The smallest absolute Gasteiger partial charge is 0.227 e. The summed E-state index contributed by atoms with van der Waals surface area (Å²) in [5.74, 6) is 2.11. The van der Waals surface area contributed by atoms with Crippen LogP contribution in [-0.2, 0) is 4.79 Å². The minimum atomic E-state index is 0.240. The third kappa shape index (κ3) is 3.74. The molecular weight excluding hydrogens is 290 g/mol. The Bertz CT molecular complexity index is 548. The lowest BCUT2D eigenvalue weighted by Crippen LogP contribution is -2.49. The summed E-state index contributed by atoms with van der Waals surface area (Å²) in [6, 6.07) is 2.09. The number of nitrogens with zero attached hydrogens (tertiary/aromatic N) is 5.